The number of aliphatic hydroxyl groups is 1. The van der Waals surface area contributed by atoms with Crippen molar-refractivity contribution >= 4 is 16.9 Å². The average Bonchev–Trinajstić information content (AvgIpc) is 2.69. The van der Waals surface area contributed by atoms with Gasteiger partial charge in [0.2, 0.25) is 0 Å². The number of hydrogen-bond donors (Lipinski definition) is 1. The summed E-state index contributed by atoms with van der Waals surface area (Å²) in [5, 5.41) is 9.48. The Kier molecular flexibility index (Phi) is 3.44. The summed E-state index contributed by atoms with van der Waals surface area (Å²) in [4.78, 5) is 11.4. The molecule has 2 rings (SSSR count). The normalized spacial score (nSPS) is 10.7. The predicted molar refractivity (Wildman–Crippen MR) is 62.7 cm³/mol. The van der Waals surface area contributed by atoms with E-state index in [0.717, 1.165) is 22.1 Å². The molecule has 90 valence electrons. The number of benzene rings is 1. The molecule has 1 aromatic carbocycles. The summed E-state index contributed by atoms with van der Waals surface area (Å²) >= 11 is 0. The van der Waals surface area contributed by atoms with Crippen LogP contribution in [-0.2, 0) is 16.0 Å². The number of ether oxygens (including phenoxy) is 1. The van der Waals surface area contributed by atoms with Gasteiger partial charge in [-0.25, -0.2) is 0 Å². The second-order valence-corrected chi connectivity index (χ2v) is 3.88. The first-order valence-corrected chi connectivity index (χ1v) is 5.44. The second-order valence-electron chi connectivity index (χ2n) is 3.88. The molecule has 0 aliphatic rings. The summed E-state index contributed by atoms with van der Waals surface area (Å²) in [5.41, 5.74) is 2.69. The Labute approximate surface area is 98.8 Å². The molecule has 1 aromatic heterocycles. The first kappa shape index (κ1) is 11.7. The molecule has 0 fully saturated rings. The molecule has 17 heavy (non-hydrogen) atoms. The van der Waals surface area contributed by atoms with E-state index in [1.54, 1.807) is 6.26 Å². The van der Waals surface area contributed by atoms with Crippen LogP contribution in [0.3, 0.4) is 0 Å². The Balaban J connectivity index is 2.16. The van der Waals surface area contributed by atoms with E-state index in [0.29, 0.717) is 0 Å². The highest BCUT2D eigenvalue weighted by Crippen LogP contribution is 2.22. The van der Waals surface area contributed by atoms with Crippen molar-refractivity contribution in [1.29, 1.82) is 0 Å². The van der Waals surface area contributed by atoms with Crippen molar-refractivity contribution in [2.45, 2.75) is 13.3 Å². The molecule has 0 spiro atoms. The van der Waals surface area contributed by atoms with E-state index in [2.05, 4.69) is 0 Å². The summed E-state index contributed by atoms with van der Waals surface area (Å²) in [6.07, 6.45) is 1.74. The largest absolute Gasteiger partial charge is 0.464 e. The van der Waals surface area contributed by atoms with Crippen LogP contribution in [0.15, 0.2) is 28.9 Å². The van der Waals surface area contributed by atoms with Crippen LogP contribution in [0.4, 0.5) is 0 Å². The van der Waals surface area contributed by atoms with Gasteiger partial charge >= 0.3 is 5.97 Å². The standard InChI is InChI=1S/C13H14O4/c1-9-2-3-11-10(8-17-12(11)6-9)7-13(15)16-5-4-14/h2-3,6,8,14H,4-5,7H2,1H3. The molecule has 0 saturated heterocycles. The monoisotopic (exact) mass is 234 g/mol. The van der Waals surface area contributed by atoms with Gasteiger partial charge in [-0.15, -0.1) is 0 Å². The Morgan fingerprint density at radius 2 is 2.29 bits per heavy atom. The molecule has 0 amide bonds. The Hall–Kier alpha value is -1.81. The molecule has 2 aromatic rings. The third kappa shape index (κ3) is 2.65. The lowest BCUT2D eigenvalue weighted by Gasteiger charge is -2.01. The van der Waals surface area contributed by atoms with Crippen LogP contribution in [0.1, 0.15) is 11.1 Å². The maximum atomic E-state index is 11.4. The van der Waals surface area contributed by atoms with Crippen molar-refractivity contribution in [2.75, 3.05) is 13.2 Å². The number of carbonyl (C=O) groups is 1. The lowest BCUT2D eigenvalue weighted by Crippen LogP contribution is -2.10. The minimum Gasteiger partial charge on any atom is -0.464 e. The van der Waals surface area contributed by atoms with Gasteiger partial charge < -0.3 is 14.3 Å². The van der Waals surface area contributed by atoms with Gasteiger partial charge in [0.15, 0.2) is 0 Å². The van der Waals surface area contributed by atoms with Gasteiger partial charge in [0.1, 0.15) is 12.2 Å². The predicted octanol–water partition coefficient (Wildman–Crippen LogP) is 1.82. The van der Waals surface area contributed by atoms with E-state index in [9.17, 15) is 4.79 Å². The highest BCUT2D eigenvalue weighted by molar-refractivity contribution is 5.86. The van der Waals surface area contributed by atoms with E-state index in [1.165, 1.54) is 0 Å². The zero-order valence-corrected chi connectivity index (χ0v) is 9.60. The SMILES string of the molecule is Cc1ccc2c(CC(=O)OCCO)coc2c1. The van der Waals surface area contributed by atoms with Crippen molar-refractivity contribution in [3.63, 3.8) is 0 Å². The minimum atomic E-state index is -0.359. The quantitative estimate of drug-likeness (QED) is 0.820. The number of rotatable bonds is 4. The molecule has 1 heterocycles. The van der Waals surface area contributed by atoms with Gasteiger partial charge in [-0.05, 0) is 18.6 Å². The Bertz CT molecular complexity index is 527. The number of hydrogen-bond acceptors (Lipinski definition) is 4. The first-order chi connectivity index (χ1) is 8.20. The zero-order valence-electron chi connectivity index (χ0n) is 9.60. The molecule has 0 aliphatic carbocycles. The molecule has 4 nitrogen and oxygen atoms in total. The maximum Gasteiger partial charge on any atom is 0.310 e. The number of furan rings is 1. The zero-order chi connectivity index (χ0) is 12.3. The molecule has 0 aliphatic heterocycles. The van der Waals surface area contributed by atoms with Gasteiger partial charge in [-0.1, -0.05) is 12.1 Å². The van der Waals surface area contributed by atoms with Crippen molar-refractivity contribution in [3.8, 4) is 0 Å². The minimum absolute atomic E-state index is 0.0354. The number of aliphatic hydroxyl groups excluding tert-OH is 1. The number of aryl methyl sites for hydroxylation is 1. The smallest absolute Gasteiger partial charge is 0.310 e. The lowest BCUT2D eigenvalue weighted by atomic mass is 10.1. The fourth-order valence-corrected chi connectivity index (χ4v) is 1.69. The van der Waals surface area contributed by atoms with E-state index in [1.807, 2.05) is 25.1 Å². The third-order valence-corrected chi connectivity index (χ3v) is 2.50. The summed E-state index contributed by atoms with van der Waals surface area (Å²) in [7, 11) is 0. The molecule has 1 N–H and O–H groups in total. The van der Waals surface area contributed by atoms with Crippen molar-refractivity contribution in [3.05, 3.63) is 35.6 Å². The summed E-state index contributed by atoms with van der Waals surface area (Å²) in [5.74, 6) is -0.359. The van der Waals surface area contributed by atoms with Crippen LogP contribution >= 0.6 is 0 Å². The Morgan fingerprint density at radius 1 is 1.47 bits per heavy atom. The molecule has 0 bridgehead atoms. The van der Waals surface area contributed by atoms with Crippen molar-refractivity contribution in [1.82, 2.24) is 0 Å². The van der Waals surface area contributed by atoms with Crippen LogP contribution < -0.4 is 0 Å². The number of carbonyl (C=O) groups excluding carboxylic acids is 1. The van der Waals surface area contributed by atoms with Crippen LogP contribution in [0, 0.1) is 6.92 Å². The molecule has 0 unspecified atom stereocenters. The number of esters is 1. The summed E-state index contributed by atoms with van der Waals surface area (Å²) in [6.45, 7) is 1.86. The second kappa shape index (κ2) is 5.01. The van der Waals surface area contributed by atoms with E-state index >= 15 is 0 Å². The van der Waals surface area contributed by atoms with Crippen molar-refractivity contribution < 1.29 is 19.1 Å². The van der Waals surface area contributed by atoms with E-state index in [4.69, 9.17) is 14.3 Å². The van der Waals surface area contributed by atoms with Gasteiger partial charge in [-0.2, -0.15) is 0 Å². The summed E-state index contributed by atoms with van der Waals surface area (Å²) < 4.78 is 10.2. The molecule has 4 heteroatoms. The van der Waals surface area contributed by atoms with Gasteiger partial charge in [0.25, 0.3) is 0 Å². The number of fused-ring (bicyclic) bond motifs is 1. The fraction of sp³-hybridized carbons (Fsp3) is 0.308. The fourth-order valence-electron chi connectivity index (χ4n) is 1.69. The molecule has 0 radical (unpaired) electrons. The van der Waals surface area contributed by atoms with Crippen molar-refractivity contribution in [2.24, 2.45) is 0 Å². The lowest BCUT2D eigenvalue weighted by molar-refractivity contribution is -0.143. The van der Waals surface area contributed by atoms with Crippen LogP contribution in [0.5, 0.6) is 0 Å². The van der Waals surface area contributed by atoms with Crippen LogP contribution in [0.25, 0.3) is 11.0 Å². The van der Waals surface area contributed by atoms with Crippen LogP contribution in [-0.4, -0.2) is 24.3 Å². The third-order valence-electron chi connectivity index (χ3n) is 2.50. The maximum absolute atomic E-state index is 11.4. The highest BCUT2D eigenvalue weighted by Gasteiger charge is 2.11. The Morgan fingerprint density at radius 3 is 3.06 bits per heavy atom. The molecule has 0 atom stereocenters. The molecule has 0 saturated carbocycles. The van der Waals surface area contributed by atoms with E-state index in [-0.39, 0.29) is 25.6 Å². The highest BCUT2D eigenvalue weighted by atomic mass is 16.5. The van der Waals surface area contributed by atoms with Crippen LogP contribution in [0.2, 0.25) is 0 Å². The molecular formula is C13H14O4. The van der Waals surface area contributed by atoms with Gasteiger partial charge in [0.05, 0.1) is 19.3 Å². The molecular weight excluding hydrogens is 220 g/mol. The van der Waals surface area contributed by atoms with E-state index < -0.39 is 0 Å². The average molecular weight is 234 g/mol. The first-order valence-electron chi connectivity index (χ1n) is 5.44. The summed E-state index contributed by atoms with van der Waals surface area (Å²) in [6, 6.07) is 5.83. The van der Waals surface area contributed by atoms with Gasteiger partial charge in [-0.3, -0.25) is 4.79 Å². The van der Waals surface area contributed by atoms with Gasteiger partial charge in [0, 0.05) is 10.9 Å². The topological polar surface area (TPSA) is 59.7 Å².